The Kier molecular flexibility index (Phi) is 8.04. The lowest BCUT2D eigenvalue weighted by molar-refractivity contribution is -0.143. The summed E-state index contributed by atoms with van der Waals surface area (Å²) in [5, 5.41) is 0. The lowest BCUT2D eigenvalue weighted by Gasteiger charge is -2.25. The summed E-state index contributed by atoms with van der Waals surface area (Å²) >= 11 is 3.38. The number of carbonyl (C=O) groups is 2. The topological polar surface area (TPSA) is 96.2 Å². The number of hydrogen-bond acceptors (Lipinski definition) is 8. The largest absolute Gasteiger partial charge is 0.481 e. The minimum absolute atomic E-state index is 0.188. The molecule has 8 nitrogen and oxygen atoms in total. The van der Waals surface area contributed by atoms with Gasteiger partial charge in [-0.15, -0.1) is 0 Å². The van der Waals surface area contributed by atoms with Crippen LogP contribution in [0.1, 0.15) is 30.5 Å². The average molecular weight is 618 g/mol. The van der Waals surface area contributed by atoms with Crippen LogP contribution < -0.4 is 19.6 Å². The number of halogens is 1. The van der Waals surface area contributed by atoms with Crippen molar-refractivity contribution in [2.45, 2.75) is 19.4 Å². The van der Waals surface area contributed by atoms with Gasteiger partial charge in [-0.25, -0.2) is 14.6 Å². The molecular weight excluding hydrogens is 595 g/mol. The highest BCUT2D eigenvalue weighted by molar-refractivity contribution is 14.1. The van der Waals surface area contributed by atoms with Crippen LogP contribution in [0.25, 0.3) is 6.08 Å². The molecule has 1 atom stereocenters. The molecule has 0 bridgehead atoms. The van der Waals surface area contributed by atoms with Crippen LogP contribution in [0.4, 0.5) is 0 Å². The van der Waals surface area contributed by atoms with E-state index in [1.807, 2.05) is 43.3 Å². The molecule has 0 N–H and O–H groups in total. The Morgan fingerprint density at radius 3 is 2.53 bits per heavy atom. The molecule has 186 valence electrons. The van der Waals surface area contributed by atoms with E-state index in [-0.39, 0.29) is 12.2 Å². The molecule has 0 unspecified atom stereocenters. The summed E-state index contributed by atoms with van der Waals surface area (Å²) in [6.45, 7) is 1.73. The third kappa shape index (κ3) is 5.14. The van der Waals surface area contributed by atoms with Crippen molar-refractivity contribution < 1.29 is 23.8 Å². The first-order valence-electron chi connectivity index (χ1n) is 11.0. The average Bonchev–Trinajstić information content (AvgIpc) is 3.21. The number of thiazole rings is 1. The molecule has 0 radical (unpaired) electrons. The fraction of sp³-hybridized carbons (Fsp3) is 0.231. The molecule has 0 amide bonds. The van der Waals surface area contributed by atoms with E-state index < -0.39 is 18.0 Å². The number of esters is 2. The second-order valence-corrected chi connectivity index (χ2v) is 9.92. The quantitative estimate of drug-likeness (QED) is 0.299. The summed E-state index contributed by atoms with van der Waals surface area (Å²) in [5.41, 5.74) is 2.31. The van der Waals surface area contributed by atoms with Gasteiger partial charge in [-0.2, -0.15) is 0 Å². The van der Waals surface area contributed by atoms with Gasteiger partial charge in [-0.05, 0) is 58.3 Å². The van der Waals surface area contributed by atoms with Crippen LogP contribution in [0, 0.1) is 3.57 Å². The van der Waals surface area contributed by atoms with Crippen LogP contribution in [0.15, 0.2) is 69.6 Å². The molecule has 1 aliphatic heterocycles. The minimum atomic E-state index is -0.638. The maximum absolute atomic E-state index is 13.6. The second-order valence-electron chi connectivity index (χ2n) is 7.75. The van der Waals surface area contributed by atoms with Gasteiger partial charge in [-0.1, -0.05) is 54.7 Å². The van der Waals surface area contributed by atoms with E-state index in [0.717, 1.165) is 14.7 Å². The van der Waals surface area contributed by atoms with Gasteiger partial charge in [0.2, 0.25) is 0 Å². The molecule has 0 saturated carbocycles. The Balaban J connectivity index is 1.82. The van der Waals surface area contributed by atoms with Crippen LogP contribution in [0.5, 0.6) is 5.75 Å². The second kappa shape index (κ2) is 11.2. The van der Waals surface area contributed by atoms with E-state index in [0.29, 0.717) is 32.8 Å². The SMILES string of the molecule is CCC1=C(C(=O)OC)[C@@H](c2ccccc2)n2c(s/c(=C\c3ccc(OCC(=O)OC)c(I)c3)c2=O)=N1. The van der Waals surface area contributed by atoms with Crippen LogP contribution in [-0.2, 0) is 19.1 Å². The predicted octanol–water partition coefficient (Wildman–Crippen LogP) is 2.95. The summed E-state index contributed by atoms with van der Waals surface area (Å²) < 4.78 is 18.0. The van der Waals surface area contributed by atoms with Gasteiger partial charge < -0.3 is 14.2 Å². The number of methoxy groups -OCH3 is 2. The number of ether oxygens (including phenoxy) is 3. The zero-order valence-corrected chi connectivity index (χ0v) is 22.8. The third-order valence-electron chi connectivity index (χ3n) is 5.59. The monoisotopic (exact) mass is 618 g/mol. The van der Waals surface area contributed by atoms with E-state index in [1.54, 1.807) is 22.8 Å². The van der Waals surface area contributed by atoms with Crippen LogP contribution in [0.2, 0.25) is 0 Å². The molecule has 0 spiro atoms. The molecule has 36 heavy (non-hydrogen) atoms. The molecule has 10 heteroatoms. The maximum Gasteiger partial charge on any atom is 0.343 e. The molecule has 4 rings (SSSR count). The van der Waals surface area contributed by atoms with Crippen molar-refractivity contribution in [3.63, 3.8) is 0 Å². The van der Waals surface area contributed by atoms with Gasteiger partial charge >= 0.3 is 11.9 Å². The van der Waals surface area contributed by atoms with Gasteiger partial charge in [-0.3, -0.25) is 9.36 Å². The fourth-order valence-electron chi connectivity index (χ4n) is 3.89. The summed E-state index contributed by atoms with van der Waals surface area (Å²) in [7, 11) is 2.63. The zero-order valence-electron chi connectivity index (χ0n) is 19.8. The predicted molar refractivity (Wildman–Crippen MR) is 144 cm³/mol. The number of fused-ring (bicyclic) bond motifs is 1. The Labute approximate surface area is 224 Å². The third-order valence-corrected chi connectivity index (χ3v) is 7.42. The van der Waals surface area contributed by atoms with E-state index in [9.17, 15) is 14.4 Å². The highest BCUT2D eigenvalue weighted by Crippen LogP contribution is 2.31. The fourth-order valence-corrected chi connectivity index (χ4v) is 5.60. The summed E-state index contributed by atoms with van der Waals surface area (Å²) in [6.07, 6.45) is 2.30. The molecule has 1 aliphatic rings. The van der Waals surface area contributed by atoms with Gasteiger partial charge in [0, 0.05) is 0 Å². The van der Waals surface area contributed by atoms with Crippen molar-refractivity contribution in [3.8, 4) is 5.75 Å². The Morgan fingerprint density at radius 2 is 1.89 bits per heavy atom. The Morgan fingerprint density at radius 1 is 1.14 bits per heavy atom. The molecule has 0 saturated heterocycles. The van der Waals surface area contributed by atoms with E-state index in [2.05, 4.69) is 32.3 Å². The number of nitrogens with zero attached hydrogens (tertiary/aromatic N) is 2. The number of benzene rings is 2. The first-order chi connectivity index (χ1) is 17.4. The van der Waals surface area contributed by atoms with E-state index in [4.69, 9.17) is 9.47 Å². The minimum Gasteiger partial charge on any atom is -0.481 e. The van der Waals surface area contributed by atoms with Crippen molar-refractivity contribution in [2.75, 3.05) is 20.8 Å². The number of hydrogen-bond donors (Lipinski definition) is 0. The lowest BCUT2D eigenvalue weighted by atomic mass is 9.95. The van der Waals surface area contributed by atoms with Crippen molar-refractivity contribution in [3.05, 3.63) is 94.2 Å². The smallest absolute Gasteiger partial charge is 0.343 e. The number of allylic oxidation sites excluding steroid dienone is 1. The number of carbonyl (C=O) groups excluding carboxylic acids is 2. The highest BCUT2D eigenvalue weighted by Gasteiger charge is 2.33. The van der Waals surface area contributed by atoms with Gasteiger partial charge in [0.05, 0.1) is 39.6 Å². The highest BCUT2D eigenvalue weighted by atomic mass is 127. The van der Waals surface area contributed by atoms with Crippen molar-refractivity contribution in [2.24, 2.45) is 4.99 Å². The van der Waals surface area contributed by atoms with Crippen molar-refractivity contribution >= 4 is 51.9 Å². The van der Waals surface area contributed by atoms with Gasteiger partial charge in [0.15, 0.2) is 11.4 Å². The summed E-state index contributed by atoms with van der Waals surface area (Å²) in [4.78, 5) is 43.0. The maximum atomic E-state index is 13.6. The van der Waals surface area contributed by atoms with E-state index in [1.165, 1.54) is 25.6 Å². The molecule has 2 heterocycles. The Hall–Kier alpha value is -3.25. The van der Waals surface area contributed by atoms with Gasteiger partial charge in [0.25, 0.3) is 5.56 Å². The Bertz CT molecular complexity index is 1520. The summed E-state index contributed by atoms with van der Waals surface area (Å²) in [5.74, 6) is -0.434. The van der Waals surface area contributed by atoms with Crippen LogP contribution >= 0.6 is 33.9 Å². The standard InChI is InChI=1S/C26H23IN2O6S/c1-4-18-22(25(32)34-3)23(16-8-6-5-7-9-16)29-24(31)20(36-26(29)28-18)13-15-10-11-19(17(27)12-15)35-14-21(30)33-2/h5-13,23H,4,14H2,1-3H3/b20-13-/t23-/m1/s1. The molecule has 1 aromatic heterocycles. The number of rotatable bonds is 7. The van der Waals surface area contributed by atoms with E-state index >= 15 is 0 Å². The molecular formula is C26H23IN2O6S. The number of aromatic nitrogens is 1. The first-order valence-corrected chi connectivity index (χ1v) is 12.9. The normalized spacial score (nSPS) is 15.2. The first kappa shape index (κ1) is 25.8. The zero-order chi connectivity index (χ0) is 25.8. The molecule has 2 aromatic carbocycles. The van der Waals surface area contributed by atoms with Gasteiger partial charge in [0.1, 0.15) is 5.75 Å². The summed E-state index contributed by atoms with van der Waals surface area (Å²) in [6, 6.07) is 14.2. The molecule has 3 aromatic rings. The van der Waals surface area contributed by atoms with Crippen LogP contribution in [-0.4, -0.2) is 37.3 Å². The lowest BCUT2D eigenvalue weighted by Crippen LogP contribution is -2.40. The van der Waals surface area contributed by atoms with Crippen molar-refractivity contribution in [1.29, 1.82) is 0 Å². The molecule has 0 fully saturated rings. The van der Waals surface area contributed by atoms with Crippen LogP contribution in [0.3, 0.4) is 0 Å². The van der Waals surface area contributed by atoms with Crippen molar-refractivity contribution in [1.82, 2.24) is 4.57 Å². The molecule has 0 aliphatic carbocycles.